The summed E-state index contributed by atoms with van der Waals surface area (Å²) in [5.74, 6) is 0.370. The zero-order chi connectivity index (χ0) is 13.1. The number of nitrogen functional groups attached to an aromatic ring is 1. The van der Waals surface area contributed by atoms with Crippen LogP contribution in [0.15, 0.2) is 18.2 Å². The second-order valence-electron chi connectivity index (χ2n) is 5.20. The number of hydrogen-bond acceptors (Lipinski definition) is 3. The van der Waals surface area contributed by atoms with Gasteiger partial charge in [-0.05, 0) is 23.6 Å². The third-order valence-corrected chi connectivity index (χ3v) is 2.25. The van der Waals surface area contributed by atoms with Crippen molar-refractivity contribution in [1.29, 1.82) is 0 Å². The number of carbonyl (C=O) groups excluding carboxylic acids is 1. The average molecular weight is 236 g/mol. The highest BCUT2D eigenvalue weighted by Crippen LogP contribution is 2.21. The van der Waals surface area contributed by atoms with Gasteiger partial charge >= 0.3 is 0 Å². The number of rotatable bonds is 3. The maximum atomic E-state index is 12.0. The Morgan fingerprint density at radius 1 is 1.41 bits per heavy atom. The molecule has 1 rings (SSSR count). The molecule has 4 nitrogen and oxygen atoms in total. The molecule has 17 heavy (non-hydrogen) atoms. The van der Waals surface area contributed by atoms with Crippen molar-refractivity contribution in [1.82, 2.24) is 5.32 Å². The molecule has 1 aromatic carbocycles. The normalized spacial score (nSPS) is 11.1. The standard InChI is InChI=1S/C13H20N2O2/c1-13(2,3)8-15-12(16)10-7-9(14)5-6-11(10)17-4/h5-7H,8,14H2,1-4H3,(H,15,16). The summed E-state index contributed by atoms with van der Waals surface area (Å²) in [7, 11) is 1.53. The molecule has 0 fully saturated rings. The van der Waals surface area contributed by atoms with Crippen LogP contribution in [0.3, 0.4) is 0 Å². The van der Waals surface area contributed by atoms with Crippen molar-refractivity contribution in [2.75, 3.05) is 19.4 Å². The van der Waals surface area contributed by atoms with Crippen LogP contribution in [0, 0.1) is 5.41 Å². The predicted octanol–water partition coefficient (Wildman–Crippen LogP) is 2.05. The minimum atomic E-state index is -0.163. The first-order chi connectivity index (χ1) is 7.83. The Morgan fingerprint density at radius 3 is 2.59 bits per heavy atom. The summed E-state index contributed by atoms with van der Waals surface area (Å²) in [5.41, 5.74) is 6.73. The summed E-state index contributed by atoms with van der Waals surface area (Å²) in [6.07, 6.45) is 0. The highest BCUT2D eigenvalue weighted by molar-refractivity contribution is 5.97. The number of methoxy groups -OCH3 is 1. The molecule has 1 aromatic rings. The van der Waals surface area contributed by atoms with Gasteiger partial charge in [-0.15, -0.1) is 0 Å². The van der Waals surface area contributed by atoms with Gasteiger partial charge in [-0.2, -0.15) is 0 Å². The van der Waals surface area contributed by atoms with Crippen molar-refractivity contribution < 1.29 is 9.53 Å². The molecule has 4 heteroatoms. The van der Waals surface area contributed by atoms with E-state index in [2.05, 4.69) is 26.1 Å². The average Bonchev–Trinajstić information content (AvgIpc) is 2.25. The van der Waals surface area contributed by atoms with Gasteiger partial charge in [0, 0.05) is 12.2 Å². The van der Waals surface area contributed by atoms with Crippen LogP contribution in [0.25, 0.3) is 0 Å². The van der Waals surface area contributed by atoms with Crippen LogP contribution < -0.4 is 15.8 Å². The van der Waals surface area contributed by atoms with E-state index in [-0.39, 0.29) is 11.3 Å². The van der Waals surface area contributed by atoms with Gasteiger partial charge in [-0.3, -0.25) is 4.79 Å². The summed E-state index contributed by atoms with van der Waals surface area (Å²) in [4.78, 5) is 12.0. The molecule has 0 heterocycles. The Hall–Kier alpha value is -1.71. The van der Waals surface area contributed by atoms with Crippen molar-refractivity contribution >= 4 is 11.6 Å². The van der Waals surface area contributed by atoms with Gasteiger partial charge in [0.25, 0.3) is 5.91 Å². The SMILES string of the molecule is COc1ccc(N)cc1C(=O)NCC(C)(C)C. The van der Waals surface area contributed by atoms with Gasteiger partial charge < -0.3 is 15.8 Å². The molecule has 0 bridgehead atoms. The first-order valence-electron chi connectivity index (χ1n) is 5.55. The molecule has 0 saturated carbocycles. The zero-order valence-electron chi connectivity index (χ0n) is 10.8. The quantitative estimate of drug-likeness (QED) is 0.789. The molecule has 0 saturated heterocycles. The number of amides is 1. The molecule has 1 amide bonds. The number of hydrogen-bond donors (Lipinski definition) is 2. The van der Waals surface area contributed by atoms with E-state index in [0.717, 1.165) is 0 Å². The lowest BCUT2D eigenvalue weighted by atomic mass is 9.97. The van der Waals surface area contributed by atoms with E-state index in [9.17, 15) is 4.79 Å². The summed E-state index contributed by atoms with van der Waals surface area (Å²) < 4.78 is 5.14. The van der Waals surface area contributed by atoms with Crippen molar-refractivity contribution in [3.05, 3.63) is 23.8 Å². The third-order valence-electron chi connectivity index (χ3n) is 2.25. The third kappa shape index (κ3) is 3.98. The maximum Gasteiger partial charge on any atom is 0.255 e. The summed E-state index contributed by atoms with van der Waals surface area (Å²) in [6.45, 7) is 6.78. The van der Waals surface area contributed by atoms with Gasteiger partial charge in [0.15, 0.2) is 0 Å². The topological polar surface area (TPSA) is 64.3 Å². The molecular weight excluding hydrogens is 216 g/mol. The molecule has 0 aliphatic carbocycles. The Kier molecular flexibility index (Phi) is 3.99. The van der Waals surface area contributed by atoms with E-state index in [4.69, 9.17) is 10.5 Å². The lowest BCUT2D eigenvalue weighted by Crippen LogP contribution is -2.32. The van der Waals surface area contributed by atoms with Crippen LogP contribution >= 0.6 is 0 Å². The molecular formula is C13H20N2O2. The fraction of sp³-hybridized carbons (Fsp3) is 0.462. The van der Waals surface area contributed by atoms with Gasteiger partial charge in [-0.1, -0.05) is 20.8 Å². The number of nitrogens with one attached hydrogen (secondary N) is 1. The maximum absolute atomic E-state index is 12.0. The number of anilines is 1. The molecule has 94 valence electrons. The van der Waals surface area contributed by atoms with Crippen LogP contribution in [-0.4, -0.2) is 19.6 Å². The summed E-state index contributed by atoms with van der Waals surface area (Å²) >= 11 is 0. The summed E-state index contributed by atoms with van der Waals surface area (Å²) in [6, 6.07) is 5.03. The molecule has 3 N–H and O–H groups in total. The smallest absolute Gasteiger partial charge is 0.255 e. The Bertz CT molecular complexity index is 408. The zero-order valence-corrected chi connectivity index (χ0v) is 10.8. The number of nitrogens with two attached hydrogens (primary N) is 1. The van der Waals surface area contributed by atoms with E-state index in [0.29, 0.717) is 23.5 Å². The molecule has 0 aromatic heterocycles. The first-order valence-corrected chi connectivity index (χ1v) is 5.55. The minimum absolute atomic E-state index is 0.0449. The number of benzene rings is 1. The van der Waals surface area contributed by atoms with Crippen LogP contribution in [0.5, 0.6) is 5.75 Å². The van der Waals surface area contributed by atoms with Crippen molar-refractivity contribution in [2.45, 2.75) is 20.8 Å². The monoisotopic (exact) mass is 236 g/mol. The Labute approximate surface area is 102 Å². The van der Waals surface area contributed by atoms with Crippen molar-refractivity contribution in [3.63, 3.8) is 0 Å². The molecule has 0 aliphatic rings. The fourth-order valence-corrected chi connectivity index (χ4v) is 1.34. The lowest BCUT2D eigenvalue weighted by Gasteiger charge is -2.19. The number of carbonyl (C=O) groups is 1. The molecule has 0 spiro atoms. The van der Waals surface area contributed by atoms with Crippen molar-refractivity contribution in [3.8, 4) is 5.75 Å². The van der Waals surface area contributed by atoms with Crippen LogP contribution in [0.2, 0.25) is 0 Å². The molecule has 0 unspecified atom stereocenters. The van der Waals surface area contributed by atoms with Crippen LogP contribution in [0.4, 0.5) is 5.69 Å². The second kappa shape index (κ2) is 5.08. The molecule has 0 atom stereocenters. The van der Waals surface area contributed by atoms with Gasteiger partial charge in [0.05, 0.1) is 12.7 Å². The van der Waals surface area contributed by atoms with E-state index in [1.165, 1.54) is 7.11 Å². The van der Waals surface area contributed by atoms with E-state index >= 15 is 0 Å². The van der Waals surface area contributed by atoms with Crippen molar-refractivity contribution in [2.24, 2.45) is 5.41 Å². The lowest BCUT2D eigenvalue weighted by molar-refractivity contribution is 0.0936. The fourth-order valence-electron chi connectivity index (χ4n) is 1.34. The Morgan fingerprint density at radius 2 is 2.06 bits per heavy atom. The van der Waals surface area contributed by atoms with E-state index in [1.807, 2.05) is 0 Å². The summed E-state index contributed by atoms with van der Waals surface area (Å²) in [5, 5.41) is 2.87. The van der Waals surface area contributed by atoms with Gasteiger partial charge in [0.2, 0.25) is 0 Å². The van der Waals surface area contributed by atoms with Gasteiger partial charge in [-0.25, -0.2) is 0 Å². The van der Waals surface area contributed by atoms with Gasteiger partial charge in [0.1, 0.15) is 5.75 Å². The molecule has 0 radical (unpaired) electrons. The largest absolute Gasteiger partial charge is 0.496 e. The second-order valence-corrected chi connectivity index (χ2v) is 5.20. The van der Waals surface area contributed by atoms with Crippen LogP contribution in [-0.2, 0) is 0 Å². The highest BCUT2D eigenvalue weighted by Gasteiger charge is 2.16. The minimum Gasteiger partial charge on any atom is -0.496 e. The van der Waals surface area contributed by atoms with Crippen LogP contribution in [0.1, 0.15) is 31.1 Å². The number of ether oxygens (including phenoxy) is 1. The van der Waals surface area contributed by atoms with E-state index < -0.39 is 0 Å². The Balaban J connectivity index is 2.84. The first kappa shape index (κ1) is 13.4. The molecule has 0 aliphatic heterocycles. The highest BCUT2D eigenvalue weighted by atomic mass is 16.5. The predicted molar refractivity (Wildman–Crippen MR) is 69.2 cm³/mol. The van der Waals surface area contributed by atoms with E-state index in [1.54, 1.807) is 18.2 Å².